The third kappa shape index (κ3) is 3.33. The molecule has 0 fully saturated rings. The van der Waals surface area contributed by atoms with Gasteiger partial charge in [0.05, 0.1) is 10.9 Å². The van der Waals surface area contributed by atoms with Crippen LogP contribution in [0, 0.1) is 5.95 Å². The van der Waals surface area contributed by atoms with Gasteiger partial charge in [-0.15, -0.1) is 0 Å². The first-order valence-corrected chi connectivity index (χ1v) is 5.96. The van der Waals surface area contributed by atoms with Crippen molar-refractivity contribution in [2.24, 2.45) is 0 Å². The minimum atomic E-state index is -0.661. The fraction of sp³-hybridized carbons (Fsp3) is 0.0833. The number of pyridine rings is 2. The molecule has 4 nitrogen and oxygen atoms in total. The van der Waals surface area contributed by atoms with Crippen molar-refractivity contribution in [1.82, 2.24) is 9.97 Å². The number of carbonyl (C=O) groups excluding carboxylic acids is 1. The minimum Gasteiger partial charge on any atom is -0.310 e. The maximum Gasteiger partial charge on any atom is 0.231 e. The van der Waals surface area contributed by atoms with Gasteiger partial charge in [-0.3, -0.25) is 9.78 Å². The lowest BCUT2D eigenvalue weighted by Gasteiger charge is -2.04. The molecule has 18 heavy (non-hydrogen) atoms. The second kappa shape index (κ2) is 5.68. The van der Waals surface area contributed by atoms with E-state index in [0.29, 0.717) is 5.69 Å². The third-order valence-electron chi connectivity index (χ3n) is 2.14. The van der Waals surface area contributed by atoms with E-state index in [4.69, 9.17) is 0 Å². The SMILES string of the molecule is O=C(Cc1ccccn1)Nc1ccc(Br)c(F)n1. The zero-order valence-electron chi connectivity index (χ0n) is 9.23. The van der Waals surface area contributed by atoms with Crippen LogP contribution in [-0.2, 0) is 11.2 Å². The number of anilines is 1. The minimum absolute atomic E-state index is 0.125. The molecule has 2 rings (SSSR count). The standard InChI is InChI=1S/C12H9BrFN3O/c13-9-4-5-10(17-12(9)14)16-11(18)7-8-3-1-2-6-15-8/h1-6H,7H2,(H,16,17,18). The summed E-state index contributed by atoms with van der Waals surface area (Å²) in [5.41, 5.74) is 0.646. The Morgan fingerprint density at radius 2 is 2.17 bits per heavy atom. The van der Waals surface area contributed by atoms with Crippen LogP contribution in [0.1, 0.15) is 5.69 Å². The van der Waals surface area contributed by atoms with Gasteiger partial charge >= 0.3 is 0 Å². The van der Waals surface area contributed by atoms with Crippen molar-refractivity contribution in [2.45, 2.75) is 6.42 Å². The molecular weight excluding hydrogens is 301 g/mol. The summed E-state index contributed by atoms with van der Waals surface area (Å²) in [6.07, 6.45) is 1.74. The van der Waals surface area contributed by atoms with Crippen LogP contribution in [0.5, 0.6) is 0 Å². The van der Waals surface area contributed by atoms with Crippen molar-refractivity contribution in [2.75, 3.05) is 5.32 Å². The van der Waals surface area contributed by atoms with E-state index in [0.717, 1.165) is 0 Å². The Kier molecular flexibility index (Phi) is 3.99. The van der Waals surface area contributed by atoms with Crippen molar-refractivity contribution in [1.29, 1.82) is 0 Å². The number of nitrogens with one attached hydrogen (secondary N) is 1. The average molecular weight is 310 g/mol. The Labute approximate surface area is 111 Å². The number of hydrogen-bond acceptors (Lipinski definition) is 3. The van der Waals surface area contributed by atoms with E-state index in [1.807, 2.05) is 0 Å². The Hall–Kier alpha value is -1.82. The van der Waals surface area contributed by atoms with Crippen LogP contribution in [-0.4, -0.2) is 15.9 Å². The monoisotopic (exact) mass is 309 g/mol. The van der Waals surface area contributed by atoms with Crippen molar-refractivity contribution >= 4 is 27.7 Å². The van der Waals surface area contributed by atoms with E-state index in [1.54, 1.807) is 24.4 Å². The van der Waals surface area contributed by atoms with Crippen LogP contribution in [0.4, 0.5) is 10.2 Å². The number of carbonyl (C=O) groups is 1. The van der Waals surface area contributed by atoms with Gasteiger partial charge in [0.2, 0.25) is 11.9 Å². The summed E-state index contributed by atoms with van der Waals surface area (Å²) >= 11 is 2.99. The molecule has 0 saturated carbocycles. The molecule has 0 radical (unpaired) electrons. The fourth-order valence-corrected chi connectivity index (χ4v) is 1.56. The highest BCUT2D eigenvalue weighted by Crippen LogP contribution is 2.15. The van der Waals surface area contributed by atoms with Crippen LogP contribution >= 0.6 is 15.9 Å². The highest BCUT2D eigenvalue weighted by molar-refractivity contribution is 9.10. The summed E-state index contributed by atoms with van der Waals surface area (Å²) in [5.74, 6) is -0.773. The maximum absolute atomic E-state index is 13.1. The van der Waals surface area contributed by atoms with Crippen LogP contribution in [0.2, 0.25) is 0 Å². The molecule has 0 unspecified atom stereocenters. The lowest BCUT2D eigenvalue weighted by Crippen LogP contribution is -2.16. The topological polar surface area (TPSA) is 54.9 Å². The largest absolute Gasteiger partial charge is 0.310 e. The van der Waals surface area contributed by atoms with Crippen molar-refractivity contribution in [3.8, 4) is 0 Å². The third-order valence-corrected chi connectivity index (χ3v) is 2.73. The predicted molar refractivity (Wildman–Crippen MR) is 68.5 cm³/mol. The number of amides is 1. The molecule has 0 aliphatic heterocycles. The molecule has 0 bridgehead atoms. The molecule has 0 aromatic carbocycles. The number of aromatic nitrogens is 2. The lowest BCUT2D eigenvalue weighted by molar-refractivity contribution is -0.115. The molecule has 0 spiro atoms. The van der Waals surface area contributed by atoms with Crippen LogP contribution in [0.15, 0.2) is 41.0 Å². The van der Waals surface area contributed by atoms with Crippen molar-refractivity contribution in [3.05, 3.63) is 52.6 Å². The van der Waals surface area contributed by atoms with Gasteiger partial charge in [-0.1, -0.05) is 6.07 Å². The zero-order chi connectivity index (χ0) is 13.0. The second-order valence-corrected chi connectivity index (χ2v) is 4.37. The summed E-state index contributed by atoms with van der Waals surface area (Å²) in [5, 5.41) is 2.51. The van der Waals surface area contributed by atoms with Gasteiger partial charge < -0.3 is 5.32 Å². The van der Waals surface area contributed by atoms with Crippen LogP contribution in [0.3, 0.4) is 0 Å². The molecule has 2 heterocycles. The molecule has 0 aliphatic carbocycles. The average Bonchev–Trinajstić information content (AvgIpc) is 2.35. The Balaban J connectivity index is 2.01. The molecule has 6 heteroatoms. The first kappa shape index (κ1) is 12.6. The zero-order valence-corrected chi connectivity index (χ0v) is 10.8. The molecule has 1 amide bonds. The number of nitrogens with zero attached hydrogens (tertiary/aromatic N) is 2. The van der Waals surface area contributed by atoms with E-state index in [-0.39, 0.29) is 22.6 Å². The van der Waals surface area contributed by atoms with Gasteiger partial charge in [-0.05, 0) is 40.2 Å². The van der Waals surface area contributed by atoms with Gasteiger partial charge in [0.25, 0.3) is 0 Å². The molecule has 0 atom stereocenters. The highest BCUT2D eigenvalue weighted by atomic mass is 79.9. The number of rotatable bonds is 3. The van der Waals surface area contributed by atoms with Gasteiger partial charge in [-0.2, -0.15) is 4.39 Å². The normalized spacial score (nSPS) is 10.1. The Bertz CT molecular complexity index is 563. The predicted octanol–water partition coefficient (Wildman–Crippen LogP) is 2.56. The van der Waals surface area contributed by atoms with Gasteiger partial charge in [0.1, 0.15) is 5.82 Å². The van der Waals surface area contributed by atoms with E-state index < -0.39 is 5.95 Å². The summed E-state index contributed by atoms with van der Waals surface area (Å²) in [4.78, 5) is 19.3. The molecule has 2 aromatic rings. The van der Waals surface area contributed by atoms with Crippen LogP contribution < -0.4 is 5.32 Å². The van der Waals surface area contributed by atoms with E-state index in [9.17, 15) is 9.18 Å². The molecule has 0 aliphatic rings. The van der Waals surface area contributed by atoms with Crippen LogP contribution in [0.25, 0.3) is 0 Å². The summed E-state index contributed by atoms with van der Waals surface area (Å²) in [6, 6.07) is 8.32. The summed E-state index contributed by atoms with van der Waals surface area (Å²) in [7, 11) is 0. The number of hydrogen-bond donors (Lipinski definition) is 1. The summed E-state index contributed by atoms with van der Waals surface area (Å²) < 4.78 is 13.4. The first-order valence-electron chi connectivity index (χ1n) is 5.17. The molecule has 0 saturated heterocycles. The van der Waals surface area contributed by atoms with Crippen molar-refractivity contribution in [3.63, 3.8) is 0 Å². The van der Waals surface area contributed by atoms with Gasteiger partial charge in [0, 0.05) is 11.9 Å². The molecule has 1 N–H and O–H groups in total. The van der Waals surface area contributed by atoms with E-state index in [1.165, 1.54) is 12.1 Å². The molecular formula is C12H9BrFN3O. The van der Waals surface area contributed by atoms with Crippen molar-refractivity contribution < 1.29 is 9.18 Å². The van der Waals surface area contributed by atoms with E-state index in [2.05, 4.69) is 31.2 Å². The van der Waals surface area contributed by atoms with E-state index >= 15 is 0 Å². The highest BCUT2D eigenvalue weighted by Gasteiger charge is 2.07. The summed E-state index contributed by atoms with van der Waals surface area (Å²) in [6.45, 7) is 0. The molecule has 92 valence electrons. The maximum atomic E-state index is 13.1. The van der Waals surface area contributed by atoms with Gasteiger partial charge in [-0.25, -0.2) is 4.98 Å². The fourth-order valence-electron chi connectivity index (χ4n) is 1.34. The lowest BCUT2D eigenvalue weighted by atomic mass is 10.2. The Morgan fingerprint density at radius 1 is 1.33 bits per heavy atom. The smallest absolute Gasteiger partial charge is 0.231 e. The number of halogens is 2. The second-order valence-electron chi connectivity index (χ2n) is 3.52. The quantitative estimate of drug-likeness (QED) is 0.887. The first-order chi connectivity index (χ1) is 8.65. The van der Waals surface area contributed by atoms with Gasteiger partial charge in [0.15, 0.2) is 0 Å². The molecule has 2 aromatic heterocycles. The Morgan fingerprint density at radius 3 is 2.83 bits per heavy atom.